The Balaban J connectivity index is 1.82. The van der Waals surface area contributed by atoms with Gasteiger partial charge in [0, 0.05) is 24.2 Å². The Morgan fingerprint density at radius 2 is 1.46 bits per heavy atom. The standard InChI is InChI=1S/C23H21N5/c1-17(21-8-2-3-9-22(21)18-10-11-23(24)27-14-18)28(19-6-4-12-25-15-19)20-7-5-13-26-16-20/h2-17H,1H3,(H2,24,27). The van der Waals surface area contributed by atoms with E-state index < -0.39 is 0 Å². The van der Waals surface area contributed by atoms with Crippen LogP contribution >= 0.6 is 0 Å². The van der Waals surface area contributed by atoms with Crippen LogP contribution in [0.3, 0.4) is 0 Å². The van der Waals surface area contributed by atoms with Crippen molar-refractivity contribution >= 4 is 17.2 Å². The third-order valence-electron chi connectivity index (χ3n) is 4.74. The second-order valence-corrected chi connectivity index (χ2v) is 6.53. The number of rotatable bonds is 5. The van der Waals surface area contributed by atoms with Gasteiger partial charge in [-0.05, 0) is 54.4 Å². The first kappa shape index (κ1) is 17.7. The van der Waals surface area contributed by atoms with Gasteiger partial charge in [-0.1, -0.05) is 24.3 Å². The van der Waals surface area contributed by atoms with Crippen molar-refractivity contribution < 1.29 is 0 Å². The van der Waals surface area contributed by atoms with Crippen LogP contribution in [0.2, 0.25) is 0 Å². The van der Waals surface area contributed by atoms with Gasteiger partial charge in [-0.2, -0.15) is 0 Å². The molecule has 0 bridgehead atoms. The van der Waals surface area contributed by atoms with E-state index in [9.17, 15) is 0 Å². The molecule has 5 nitrogen and oxygen atoms in total. The van der Waals surface area contributed by atoms with Crippen molar-refractivity contribution in [2.24, 2.45) is 0 Å². The van der Waals surface area contributed by atoms with E-state index in [1.807, 2.05) is 48.9 Å². The number of hydrogen-bond acceptors (Lipinski definition) is 5. The number of hydrogen-bond donors (Lipinski definition) is 1. The highest BCUT2D eigenvalue weighted by atomic mass is 15.2. The molecule has 1 aromatic carbocycles. The molecule has 0 saturated heterocycles. The summed E-state index contributed by atoms with van der Waals surface area (Å²) in [6.07, 6.45) is 9.13. The predicted octanol–water partition coefficient (Wildman–Crippen LogP) is 5.02. The van der Waals surface area contributed by atoms with Crippen LogP contribution in [0, 0.1) is 0 Å². The van der Waals surface area contributed by atoms with Crippen LogP contribution in [0.4, 0.5) is 17.2 Å². The molecule has 0 aliphatic carbocycles. The average molecular weight is 367 g/mol. The lowest BCUT2D eigenvalue weighted by molar-refractivity contribution is 0.772. The molecular formula is C23H21N5. The van der Waals surface area contributed by atoms with E-state index in [1.54, 1.807) is 12.4 Å². The van der Waals surface area contributed by atoms with E-state index in [0.717, 1.165) is 22.5 Å². The van der Waals surface area contributed by atoms with Gasteiger partial charge in [0.25, 0.3) is 0 Å². The summed E-state index contributed by atoms with van der Waals surface area (Å²) in [5.41, 5.74) is 11.1. The van der Waals surface area contributed by atoms with Crippen LogP contribution in [-0.4, -0.2) is 15.0 Å². The highest BCUT2D eigenvalue weighted by Crippen LogP contribution is 2.37. The van der Waals surface area contributed by atoms with Crippen LogP contribution in [-0.2, 0) is 0 Å². The van der Waals surface area contributed by atoms with Gasteiger partial charge in [0.1, 0.15) is 5.82 Å². The normalized spacial score (nSPS) is 11.8. The Morgan fingerprint density at radius 1 is 0.786 bits per heavy atom. The topological polar surface area (TPSA) is 67.9 Å². The molecule has 2 N–H and O–H groups in total. The van der Waals surface area contributed by atoms with Gasteiger partial charge in [-0.3, -0.25) is 9.97 Å². The van der Waals surface area contributed by atoms with E-state index in [2.05, 4.69) is 57.1 Å². The fraction of sp³-hybridized carbons (Fsp3) is 0.0870. The minimum absolute atomic E-state index is 0.0437. The van der Waals surface area contributed by atoms with Crippen molar-refractivity contribution in [2.75, 3.05) is 10.6 Å². The highest BCUT2D eigenvalue weighted by Gasteiger charge is 2.21. The van der Waals surface area contributed by atoms with Gasteiger partial charge in [-0.15, -0.1) is 0 Å². The molecule has 0 aliphatic rings. The molecule has 4 aromatic rings. The van der Waals surface area contributed by atoms with Crippen molar-refractivity contribution in [3.05, 3.63) is 97.2 Å². The molecular weight excluding hydrogens is 346 g/mol. The number of nitrogens with two attached hydrogens (primary N) is 1. The maximum atomic E-state index is 5.77. The van der Waals surface area contributed by atoms with Crippen molar-refractivity contribution in [3.8, 4) is 11.1 Å². The van der Waals surface area contributed by atoms with Crippen LogP contribution in [0.5, 0.6) is 0 Å². The fourth-order valence-corrected chi connectivity index (χ4v) is 3.42. The summed E-state index contributed by atoms with van der Waals surface area (Å²) in [5.74, 6) is 0.515. The van der Waals surface area contributed by atoms with Crippen molar-refractivity contribution in [3.63, 3.8) is 0 Å². The lowest BCUT2D eigenvalue weighted by Crippen LogP contribution is -2.22. The Kier molecular flexibility index (Phi) is 4.97. The van der Waals surface area contributed by atoms with Gasteiger partial charge in [0.05, 0.1) is 29.8 Å². The van der Waals surface area contributed by atoms with E-state index in [1.165, 1.54) is 5.56 Å². The summed E-state index contributed by atoms with van der Waals surface area (Å²) in [7, 11) is 0. The first-order valence-corrected chi connectivity index (χ1v) is 9.14. The first-order chi connectivity index (χ1) is 13.7. The molecule has 3 aromatic heterocycles. The van der Waals surface area contributed by atoms with E-state index in [4.69, 9.17) is 5.73 Å². The van der Waals surface area contributed by atoms with E-state index in [-0.39, 0.29) is 6.04 Å². The molecule has 0 radical (unpaired) electrons. The van der Waals surface area contributed by atoms with Gasteiger partial charge in [0.2, 0.25) is 0 Å². The lowest BCUT2D eigenvalue weighted by Gasteiger charge is -2.32. The molecule has 1 unspecified atom stereocenters. The quantitative estimate of drug-likeness (QED) is 0.536. The summed E-state index contributed by atoms with van der Waals surface area (Å²) in [6, 6.07) is 20.3. The molecule has 28 heavy (non-hydrogen) atoms. The molecule has 0 saturated carbocycles. The second-order valence-electron chi connectivity index (χ2n) is 6.53. The number of benzene rings is 1. The van der Waals surface area contributed by atoms with Gasteiger partial charge in [0.15, 0.2) is 0 Å². The maximum Gasteiger partial charge on any atom is 0.123 e. The van der Waals surface area contributed by atoms with Gasteiger partial charge in [-0.25, -0.2) is 4.98 Å². The number of pyridine rings is 3. The van der Waals surface area contributed by atoms with Crippen molar-refractivity contribution in [2.45, 2.75) is 13.0 Å². The summed E-state index contributed by atoms with van der Waals surface area (Å²) in [4.78, 5) is 15.1. The summed E-state index contributed by atoms with van der Waals surface area (Å²) in [5, 5.41) is 0. The van der Waals surface area contributed by atoms with Gasteiger partial charge < -0.3 is 10.6 Å². The Morgan fingerprint density at radius 3 is 2.04 bits per heavy atom. The molecule has 1 atom stereocenters. The van der Waals surface area contributed by atoms with E-state index >= 15 is 0 Å². The zero-order valence-corrected chi connectivity index (χ0v) is 15.6. The zero-order chi connectivity index (χ0) is 19.3. The SMILES string of the molecule is CC(c1ccccc1-c1ccc(N)nc1)N(c1cccnc1)c1cccnc1. The Bertz CT molecular complexity index is 994. The molecule has 138 valence electrons. The fourth-order valence-electron chi connectivity index (χ4n) is 3.42. The van der Waals surface area contributed by atoms with Crippen LogP contribution in [0.1, 0.15) is 18.5 Å². The number of anilines is 3. The molecule has 0 aliphatic heterocycles. The molecule has 0 amide bonds. The molecule has 3 heterocycles. The minimum Gasteiger partial charge on any atom is -0.384 e. The molecule has 0 spiro atoms. The van der Waals surface area contributed by atoms with Crippen LogP contribution in [0.25, 0.3) is 11.1 Å². The van der Waals surface area contributed by atoms with Crippen molar-refractivity contribution in [1.29, 1.82) is 0 Å². The van der Waals surface area contributed by atoms with E-state index in [0.29, 0.717) is 5.82 Å². The second kappa shape index (κ2) is 7.88. The number of nitrogen functional groups attached to an aromatic ring is 1. The Labute approximate surface area is 164 Å². The average Bonchev–Trinajstić information content (AvgIpc) is 2.76. The lowest BCUT2D eigenvalue weighted by atomic mass is 9.95. The summed E-state index contributed by atoms with van der Waals surface area (Å²) < 4.78 is 0. The smallest absolute Gasteiger partial charge is 0.123 e. The van der Waals surface area contributed by atoms with Crippen LogP contribution < -0.4 is 10.6 Å². The van der Waals surface area contributed by atoms with Crippen LogP contribution in [0.15, 0.2) is 91.6 Å². The van der Waals surface area contributed by atoms with Crippen molar-refractivity contribution in [1.82, 2.24) is 15.0 Å². The summed E-state index contributed by atoms with van der Waals surface area (Å²) in [6.45, 7) is 2.18. The zero-order valence-electron chi connectivity index (χ0n) is 15.6. The molecule has 4 rings (SSSR count). The first-order valence-electron chi connectivity index (χ1n) is 9.14. The largest absolute Gasteiger partial charge is 0.384 e. The predicted molar refractivity (Wildman–Crippen MR) is 113 cm³/mol. The number of aromatic nitrogens is 3. The maximum absolute atomic E-state index is 5.77. The van der Waals surface area contributed by atoms with Gasteiger partial charge >= 0.3 is 0 Å². The molecule has 5 heteroatoms. The monoisotopic (exact) mass is 367 g/mol. The molecule has 0 fully saturated rings. The number of nitrogens with zero attached hydrogens (tertiary/aromatic N) is 4. The Hall–Kier alpha value is -3.73. The summed E-state index contributed by atoms with van der Waals surface area (Å²) >= 11 is 0. The minimum atomic E-state index is 0.0437. The third-order valence-corrected chi connectivity index (χ3v) is 4.74. The third kappa shape index (κ3) is 3.55. The highest BCUT2D eigenvalue weighted by molar-refractivity contribution is 5.71.